The number of allylic oxidation sites excluding steroid dienone is 2. The van der Waals surface area contributed by atoms with Gasteiger partial charge in [-0.05, 0) is 101 Å². The first-order valence-electron chi connectivity index (χ1n) is 27.1. The second-order valence-corrected chi connectivity index (χ2v) is 23.2. The highest BCUT2D eigenvalue weighted by Crippen LogP contribution is 2.22. The molecule has 2 atom stereocenters. The summed E-state index contributed by atoms with van der Waals surface area (Å²) < 4.78 is 64.9. The smallest absolute Gasteiger partial charge is 0.323 e. The van der Waals surface area contributed by atoms with Gasteiger partial charge in [-0.15, -0.1) is 0 Å². The lowest BCUT2D eigenvalue weighted by molar-refractivity contribution is -0.140. The summed E-state index contributed by atoms with van der Waals surface area (Å²) >= 11 is 0. The van der Waals surface area contributed by atoms with Crippen LogP contribution in [-0.2, 0) is 62.0 Å². The Kier molecular flexibility index (Phi) is 29.1. The van der Waals surface area contributed by atoms with Gasteiger partial charge in [0.05, 0.1) is 36.6 Å². The van der Waals surface area contributed by atoms with Gasteiger partial charge >= 0.3 is 23.9 Å². The maximum absolute atomic E-state index is 14.1. The molecule has 1 heterocycles. The summed E-state index contributed by atoms with van der Waals surface area (Å²) in [6.45, 7) is 11.2. The standard InChI is InChI=1S/C54H81N11O17S2/c1-8-14-56-51(36(5)10-3)58-27-39-12-13-40-44(26-39)65(30-41(49(40)73)52(74)59-28-42(54(76)77)61-84(81,82)50-37(6)24-35(4)25-38(50)7)18-11-15-57-53(75)43(34-83(78,79)80)60-45(66)31-62(17-9-2)20-22-64(33-48(71)72)23-21-63(32-47(69)70)19-16-55-29-46(67)68/h8,12-14,24-26,30,42-43,55-56,58,61H,9-11,15-23,27-29,31-34H2,1-7H3,(H,57,75)(H,59,74)(H,60,66)(H,67,68)(H,69,70)(H,71,72)(H,76,77)(H,78,79,80)/b14-8+,51-36-/t42-,43+/m1/s1. The van der Waals surface area contributed by atoms with E-state index >= 15 is 0 Å². The number of nitrogens with zero attached hydrogens (tertiary/aromatic N) is 4. The molecule has 0 aliphatic carbocycles. The van der Waals surface area contributed by atoms with E-state index in [1.165, 1.54) is 22.1 Å². The van der Waals surface area contributed by atoms with Crippen LogP contribution in [0, 0.1) is 20.8 Å². The van der Waals surface area contributed by atoms with Gasteiger partial charge in [0.1, 0.15) is 29.2 Å². The minimum Gasteiger partial charge on any atom is -0.480 e. The van der Waals surface area contributed by atoms with Crippen LogP contribution in [0.2, 0.25) is 0 Å². The summed E-state index contributed by atoms with van der Waals surface area (Å²) in [7, 11) is -9.30. The van der Waals surface area contributed by atoms with Crippen molar-refractivity contribution in [3.05, 3.63) is 98.2 Å². The van der Waals surface area contributed by atoms with Crippen molar-refractivity contribution >= 4 is 72.6 Å². The van der Waals surface area contributed by atoms with Gasteiger partial charge in [-0.1, -0.05) is 43.7 Å². The molecular formula is C54H81N11O17S2. The van der Waals surface area contributed by atoms with Crippen molar-refractivity contribution in [1.29, 1.82) is 0 Å². The highest BCUT2D eigenvalue weighted by atomic mass is 32.2. The number of benzene rings is 2. The Bertz CT molecular complexity index is 3150. The molecule has 466 valence electrons. The predicted molar refractivity (Wildman–Crippen MR) is 312 cm³/mol. The lowest BCUT2D eigenvalue weighted by Crippen LogP contribution is -2.53. The number of carboxylic acid groups (broad SMARTS) is 4. The molecule has 3 aromatic rings. The van der Waals surface area contributed by atoms with E-state index < -0.39 is 117 Å². The van der Waals surface area contributed by atoms with Gasteiger partial charge < -0.3 is 56.9 Å². The molecule has 2 aromatic carbocycles. The first kappa shape index (κ1) is 70.9. The van der Waals surface area contributed by atoms with Gasteiger partial charge in [-0.3, -0.25) is 57.6 Å². The lowest BCUT2D eigenvalue weighted by Gasteiger charge is -2.29. The number of sulfonamides is 1. The summed E-state index contributed by atoms with van der Waals surface area (Å²) in [5.74, 6) is -8.33. The Labute approximate surface area is 488 Å². The van der Waals surface area contributed by atoms with Crippen molar-refractivity contribution < 1.29 is 75.4 Å². The van der Waals surface area contributed by atoms with E-state index in [1.807, 2.05) is 33.8 Å². The molecule has 12 N–H and O–H groups in total. The average molecular weight is 1220 g/mol. The summed E-state index contributed by atoms with van der Waals surface area (Å²) in [5, 5.41) is 54.6. The molecule has 0 bridgehead atoms. The third-order valence-electron chi connectivity index (χ3n) is 13.0. The Morgan fingerprint density at radius 1 is 0.750 bits per heavy atom. The van der Waals surface area contributed by atoms with Gasteiger partial charge in [0, 0.05) is 77.0 Å². The van der Waals surface area contributed by atoms with E-state index in [-0.39, 0.29) is 82.2 Å². The highest BCUT2D eigenvalue weighted by molar-refractivity contribution is 7.89. The first-order valence-corrected chi connectivity index (χ1v) is 30.2. The first-order chi connectivity index (χ1) is 39.5. The van der Waals surface area contributed by atoms with Crippen LogP contribution < -0.4 is 42.1 Å². The Balaban J connectivity index is 1.86. The van der Waals surface area contributed by atoms with Crippen LogP contribution in [0.5, 0.6) is 0 Å². The van der Waals surface area contributed by atoms with Crippen molar-refractivity contribution in [1.82, 2.24) is 55.9 Å². The zero-order valence-corrected chi connectivity index (χ0v) is 50.1. The Morgan fingerprint density at radius 3 is 1.90 bits per heavy atom. The van der Waals surface area contributed by atoms with E-state index in [2.05, 4.69) is 36.6 Å². The van der Waals surface area contributed by atoms with Crippen molar-refractivity contribution in [2.45, 2.75) is 97.8 Å². The number of nitrogens with one attached hydrogen (secondary N) is 7. The molecule has 0 aliphatic heterocycles. The van der Waals surface area contributed by atoms with E-state index in [0.717, 1.165) is 23.4 Å². The number of amides is 3. The third kappa shape index (κ3) is 24.5. The molecule has 0 aliphatic rings. The number of hydrogen-bond acceptors (Lipinski definition) is 18. The van der Waals surface area contributed by atoms with Crippen molar-refractivity contribution in [2.75, 3.05) is 90.8 Å². The minimum atomic E-state index is -4.88. The normalized spacial score (nSPS) is 13.0. The number of aryl methyl sites for hydroxylation is 4. The van der Waals surface area contributed by atoms with Crippen LogP contribution in [0.15, 0.2) is 69.9 Å². The second kappa shape index (κ2) is 34.5. The molecule has 0 spiro atoms. The Morgan fingerprint density at radius 2 is 1.36 bits per heavy atom. The largest absolute Gasteiger partial charge is 0.480 e. The summed E-state index contributed by atoms with van der Waals surface area (Å²) in [5.41, 5.74) is 2.45. The van der Waals surface area contributed by atoms with E-state index in [0.29, 0.717) is 35.2 Å². The fraction of sp³-hybridized carbons (Fsp3) is 0.519. The summed E-state index contributed by atoms with van der Waals surface area (Å²) in [6.07, 6.45) is 6.13. The molecule has 0 fully saturated rings. The van der Waals surface area contributed by atoms with Crippen molar-refractivity contribution in [3.63, 3.8) is 0 Å². The van der Waals surface area contributed by atoms with Gasteiger partial charge in [-0.25, -0.2) is 8.42 Å². The van der Waals surface area contributed by atoms with Crippen LogP contribution in [0.1, 0.15) is 79.6 Å². The second-order valence-electron chi connectivity index (χ2n) is 20.1. The number of carboxylic acids is 4. The number of hydrogen-bond donors (Lipinski definition) is 12. The van der Waals surface area contributed by atoms with Crippen molar-refractivity contribution in [2.24, 2.45) is 0 Å². The molecule has 0 radical (unpaired) electrons. The van der Waals surface area contributed by atoms with Crippen LogP contribution in [0.25, 0.3) is 10.9 Å². The number of aromatic nitrogens is 1. The molecule has 3 rings (SSSR count). The van der Waals surface area contributed by atoms with Crippen LogP contribution in [-0.4, -0.2) is 206 Å². The average Bonchev–Trinajstić information content (AvgIpc) is 1.75. The molecule has 0 saturated heterocycles. The predicted octanol–water partition coefficient (Wildman–Crippen LogP) is -0.0191. The summed E-state index contributed by atoms with van der Waals surface area (Å²) in [6, 6.07) is 4.51. The van der Waals surface area contributed by atoms with Crippen LogP contribution in [0.3, 0.4) is 0 Å². The fourth-order valence-electron chi connectivity index (χ4n) is 8.99. The lowest BCUT2D eigenvalue weighted by atomic mass is 10.1. The maximum atomic E-state index is 14.1. The number of pyridine rings is 1. The number of carbonyl (C=O) groups is 7. The highest BCUT2D eigenvalue weighted by Gasteiger charge is 2.30. The molecule has 0 saturated carbocycles. The topological polar surface area (TPSA) is 405 Å². The minimum absolute atomic E-state index is 0.00818. The molecular weight excluding hydrogens is 1140 g/mol. The summed E-state index contributed by atoms with van der Waals surface area (Å²) in [4.78, 5) is 106. The number of carbonyl (C=O) groups excluding carboxylic acids is 3. The van der Waals surface area contributed by atoms with Crippen LogP contribution in [0.4, 0.5) is 0 Å². The van der Waals surface area contributed by atoms with Crippen molar-refractivity contribution in [3.8, 4) is 0 Å². The van der Waals surface area contributed by atoms with Gasteiger partial charge in [0.25, 0.3) is 16.0 Å². The zero-order chi connectivity index (χ0) is 62.9. The fourth-order valence-corrected chi connectivity index (χ4v) is 11.3. The van der Waals surface area contributed by atoms with Gasteiger partial charge in [-0.2, -0.15) is 13.1 Å². The number of fused-ring (bicyclic) bond motifs is 1. The third-order valence-corrected chi connectivity index (χ3v) is 15.6. The Hall–Kier alpha value is -7.32. The van der Waals surface area contributed by atoms with E-state index in [4.69, 9.17) is 5.11 Å². The number of rotatable bonds is 40. The SMILES string of the molecule is C/C=C/N/C(NCc1ccc2c(=O)c(C(=O)NC[C@@H](NS(=O)(=O)c3c(C)cc(C)cc3C)C(=O)O)cn(CCCNC(=O)[C@H](CS(=O)(=O)O)NC(=O)CN(CCC)CCN(CCN(CCNCC(=O)O)CC(=O)O)CC(=O)O)c2c1)=C(\C)CC. The molecule has 0 unspecified atom stereocenters. The van der Waals surface area contributed by atoms with Crippen LogP contribution >= 0.6 is 0 Å². The molecule has 1 aromatic heterocycles. The molecule has 84 heavy (non-hydrogen) atoms. The van der Waals surface area contributed by atoms with E-state index in [9.17, 15) is 75.1 Å². The quantitative estimate of drug-likeness (QED) is 0.0263. The molecule has 3 amide bonds. The molecule has 28 nitrogen and oxygen atoms in total. The monoisotopic (exact) mass is 1220 g/mol. The van der Waals surface area contributed by atoms with Gasteiger partial charge in [0.15, 0.2) is 0 Å². The van der Waals surface area contributed by atoms with Gasteiger partial charge in [0.2, 0.25) is 27.3 Å². The molecule has 30 heteroatoms. The number of aliphatic carboxylic acids is 4. The maximum Gasteiger partial charge on any atom is 0.323 e. The van der Waals surface area contributed by atoms with E-state index in [1.54, 1.807) is 60.7 Å². The zero-order valence-electron chi connectivity index (χ0n) is 48.4.